The van der Waals surface area contributed by atoms with Crippen LogP contribution in [-0.4, -0.2) is 60.3 Å². The molecule has 0 N–H and O–H groups in total. The molecular weight excluding hydrogens is 256 g/mol. The first-order valence-corrected chi connectivity index (χ1v) is 8.13. The third-order valence-electron chi connectivity index (χ3n) is 4.10. The summed E-state index contributed by atoms with van der Waals surface area (Å²) in [6.07, 6.45) is 2.98. The minimum atomic E-state index is -3.09. The number of imide groups is 1. The molecule has 1 saturated carbocycles. The number of fused-ring (bicyclic) bond motifs is 1. The van der Waals surface area contributed by atoms with E-state index in [9.17, 15) is 18.0 Å². The van der Waals surface area contributed by atoms with Crippen molar-refractivity contribution in [3.63, 3.8) is 0 Å². The number of rotatable bonds is 1. The van der Waals surface area contributed by atoms with Crippen LogP contribution < -0.4 is 0 Å². The second-order valence-corrected chi connectivity index (χ2v) is 7.53. The van der Waals surface area contributed by atoms with Crippen molar-refractivity contribution in [1.29, 1.82) is 0 Å². The van der Waals surface area contributed by atoms with Gasteiger partial charge in [-0.15, -0.1) is 0 Å². The van der Waals surface area contributed by atoms with Crippen LogP contribution in [0.5, 0.6) is 0 Å². The van der Waals surface area contributed by atoms with Gasteiger partial charge in [-0.3, -0.25) is 9.69 Å². The Morgan fingerprint density at radius 3 is 2.44 bits per heavy atom. The highest BCUT2D eigenvalue weighted by molar-refractivity contribution is 7.91. The Morgan fingerprint density at radius 1 is 1.11 bits per heavy atom. The molecule has 1 aliphatic carbocycles. The highest BCUT2D eigenvalue weighted by Gasteiger charge is 2.46. The number of sulfone groups is 1. The molecule has 7 heteroatoms. The summed E-state index contributed by atoms with van der Waals surface area (Å²) in [5, 5.41) is 0. The van der Waals surface area contributed by atoms with E-state index in [1.54, 1.807) is 4.90 Å². The lowest BCUT2D eigenvalue weighted by molar-refractivity contribution is -0.136. The first kappa shape index (κ1) is 12.0. The number of amides is 3. The van der Waals surface area contributed by atoms with E-state index in [-0.39, 0.29) is 42.5 Å². The molecule has 1 unspecified atom stereocenters. The summed E-state index contributed by atoms with van der Waals surface area (Å²) in [6, 6.07) is -0.680. The van der Waals surface area contributed by atoms with Crippen molar-refractivity contribution in [1.82, 2.24) is 9.80 Å². The standard InChI is InChI=1S/C11H16N2O4S/c14-10-6-9-7-18(16,17)5-4-12(9)11(15)13(10)8-2-1-3-8/h8-9H,1-7H2. The highest BCUT2D eigenvalue weighted by Crippen LogP contribution is 2.31. The van der Waals surface area contributed by atoms with Crippen LogP contribution in [0.3, 0.4) is 0 Å². The van der Waals surface area contributed by atoms with E-state index in [2.05, 4.69) is 0 Å². The van der Waals surface area contributed by atoms with Crippen molar-refractivity contribution < 1.29 is 18.0 Å². The normalized spacial score (nSPS) is 32.1. The predicted octanol–water partition coefficient (Wildman–Crippen LogP) is -0.00980. The average Bonchev–Trinajstić information content (AvgIpc) is 2.19. The van der Waals surface area contributed by atoms with Crippen molar-refractivity contribution in [2.24, 2.45) is 0 Å². The molecule has 3 aliphatic rings. The fraction of sp³-hybridized carbons (Fsp3) is 0.818. The van der Waals surface area contributed by atoms with E-state index in [0.717, 1.165) is 19.3 Å². The lowest BCUT2D eigenvalue weighted by Crippen LogP contribution is -2.64. The Hall–Kier alpha value is -1.11. The Balaban J connectivity index is 1.82. The van der Waals surface area contributed by atoms with Crippen LogP contribution in [0, 0.1) is 0 Å². The smallest absolute Gasteiger partial charge is 0.319 e. The molecule has 2 saturated heterocycles. The quantitative estimate of drug-likeness (QED) is 0.673. The molecule has 18 heavy (non-hydrogen) atoms. The summed E-state index contributed by atoms with van der Waals surface area (Å²) in [5.41, 5.74) is 0. The molecule has 0 aromatic carbocycles. The predicted molar refractivity (Wildman–Crippen MR) is 63.6 cm³/mol. The zero-order valence-corrected chi connectivity index (χ0v) is 10.9. The molecule has 0 aromatic rings. The van der Waals surface area contributed by atoms with Crippen molar-refractivity contribution >= 4 is 21.8 Å². The lowest BCUT2D eigenvalue weighted by atomic mass is 9.90. The molecule has 3 amide bonds. The molecule has 2 heterocycles. The molecular formula is C11H16N2O4S. The summed E-state index contributed by atoms with van der Waals surface area (Å²) in [4.78, 5) is 27.2. The summed E-state index contributed by atoms with van der Waals surface area (Å²) in [5.74, 6) is -0.256. The van der Waals surface area contributed by atoms with E-state index in [1.807, 2.05) is 0 Å². The van der Waals surface area contributed by atoms with Gasteiger partial charge < -0.3 is 4.90 Å². The van der Waals surface area contributed by atoms with Crippen molar-refractivity contribution in [3.8, 4) is 0 Å². The Kier molecular flexibility index (Phi) is 2.62. The van der Waals surface area contributed by atoms with E-state index in [0.29, 0.717) is 0 Å². The van der Waals surface area contributed by atoms with Gasteiger partial charge in [-0.25, -0.2) is 13.2 Å². The highest BCUT2D eigenvalue weighted by atomic mass is 32.2. The summed E-state index contributed by atoms with van der Waals surface area (Å²) < 4.78 is 23.1. The van der Waals surface area contributed by atoms with Gasteiger partial charge in [-0.05, 0) is 19.3 Å². The molecule has 1 atom stereocenters. The van der Waals surface area contributed by atoms with Crippen LogP contribution in [0.4, 0.5) is 4.79 Å². The largest absolute Gasteiger partial charge is 0.327 e. The van der Waals surface area contributed by atoms with Gasteiger partial charge in [0.1, 0.15) is 0 Å². The second-order valence-electron chi connectivity index (χ2n) is 5.30. The van der Waals surface area contributed by atoms with Gasteiger partial charge in [0.15, 0.2) is 9.84 Å². The van der Waals surface area contributed by atoms with Gasteiger partial charge in [0.05, 0.1) is 17.5 Å². The van der Waals surface area contributed by atoms with Crippen LogP contribution in [0.1, 0.15) is 25.7 Å². The first-order valence-electron chi connectivity index (χ1n) is 6.31. The third-order valence-corrected chi connectivity index (χ3v) is 5.80. The maximum Gasteiger partial charge on any atom is 0.327 e. The van der Waals surface area contributed by atoms with Crippen LogP contribution in [0.25, 0.3) is 0 Å². The van der Waals surface area contributed by atoms with Crippen molar-refractivity contribution in [2.45, 2.75) is 37.8 Å². The SMILES string of the molecule is O=C1CC2CS(=O)(=O)CCN2C(=O)N1C1CCC1. The zero-order chi connectivity index (χ0) is 12.9. The Morgan fingerprint density at radius 2 is 1.83 bits per heavy atom. The van der Waals surface area contributed by atoms with Crippen LogP contribution in [0.2, 0.25) is 0 Å². The molecule has 0 spiro atoms. The average molecular weight is 272 g/mol. The fourth-order valence-electron chi connectivity index (χ4n) is 2.86. The van der Waals surface area contributed by atoms with Crippen molar-refractivity contribution in [3.05, 3.63) is 0 Å². The molecule has 0 radical (unpaired) electrons. The number of urea groups is 1. The van der Waals surface area contributed by atoms with Crippen LogP contribution in [0.15, 0.2) is 0 Å². The summed E-state index contributed by atoms with van der Waals surface area (Å²) in [6.45, 7) is 0.225. The molecule has 6 nitrogen and oxygen atoms in total. The van der Waals surface area contributed by atoms with E-state index >= 15 is 0 Å². The zero-order valence-electron chi connectivity index (χ0n) is 10.0. The van der Waals surface area contributed by atoms with Crippen molar-refractivity contribution in [2.75, 3.05) is 18.1 Å². The number of hydrogen-bond donors (Lipinski definition) is 0. The third kappa shape index (κ3) is 1.81. The Bertz CT molecular complexity index is 497. The topological polar surface area (TPSA) is 74.8 Å². The number of carbonyl (C=O) groups excluding carboxylic acids is 2. The molecule has 100 valence electrons. The van der Waals surface area contributed by atoms with E-state index < -0.39 is 15.9 Å². The van der Waals surface area contributed by atoms with Gasteiger partial charge in [-0.2, -0.15) is 0 Å². The first-order chi connectivity index (χ1) is 8.48. The minimum absolute atomic E-state index is 0.0158. The maximum atomic E-state index is 12.3. The molecule has 0 aromatic heterocycles. The fourth-order valence-corrected chi connectivity index (χ4v) is 4.38. The van der Waals surface area contributed by atoms with Crippen LogP contribution in [-0.2, 0) is 14.6 Å². The van der Waals surface area contributed by atoms with Gasteiger partial charge in [0.2, 0.25) is 5.91 Å². The Labute approximate surface area is 106 Å². The number of carbonyl (C=O) groups is 2. The number of nitrogens with zero attached hydrogens (tertiary/aromatic N) is 2. The summed E-state index contributed by atoms with van der Waals surface area (Å²) in [7, 11) is -3.09. The van der Waals surface area contributed by atoms with E-state index in [4.69, 9.17) is 0 Å². The summed E-state index contributed by atoms with van der Waals surface area (Å²) >= 11 is 0. The monoisotopic (exact) mass is 272 g/mol. The van der Waals surface area contributed by atoms with Gasteiger partial charge >= 0.3 is 6.03 Å². The maximum absolute atomic E-state index is 12.3. The lowest BCUT2D eigenvalue weighted by Gasteiger charge is -2.46. The van der Waals surface area contributed by atoms with Gasteiger partial charge in [0, 0.05) is 19.0 Å². The van der Waals surface area contributed by atoms with E-state index in [1.165, 1.54) is 4.90 Å². The minimum Gasteiger partial charge on any atom is -0.319 e. The molecule has 3 rings (SSSR count). The second kappa shape index (κ2) is 3.94. The number of hydrogen-bond acceptors (Lipinski definition) is 4. The van der Waals surface area contributed by atoms with Gasteiger partial charge in [-0.1, -0.05) is 0 Å². The van der Waals surface area contributed by atoms with Gasteiger partial charge in [0.25, 0.3) is 0 Å². The van der Waals surface area contributed by atoms with Crippen LogP contribution >= 0.6 is 0 Å². The molecule has 2 aliphatic heterocycles. The molecule has 0 bridgehead atoms. The molecule has 3 fully saturated rings.